The number of amides is 1. The molecule has 2 aromatic heterocycles. The van der Waals surface area contributed by atoms with Crippen LogP contribution in [-0.2, 0) is 6.61 Å². The Morgan fingerprint density at radius 2 is 1.71 bits per heavy atom. The zero-order valence-electron chi connectivity index (χ0n) is 18.6. The lowest BCUT2D eigenvalue weighted by atomic mass is 10.1. The SMILES string of the molecule is O=C(Nc1ccc(-c2ccc(N3CCCC3)nn2)cc1)c1cc(OCc2ccccc2)ncn1. The Morgan fingerprint density at radius 3 is 2.44 bits per heavy atom. The number of carbonyl (C=O) groups excluding carboxylic acids is 1. The van der Waals surface area contributed by atoms with Gasteiger partial charge in [-0.3, -0.25) is 4.79 Å². The van der Waals surface area contributed by atoms with Crippen LogP contribution in [0, 0.1) is 0 Å². The number of benzene rings is 2. The van der Waals surface area contributed by atoms with Crippen molar-refractivity contribution < 1.29 is 9.53 Å². The van der Waals surface area contributed by atoms with E-state index in [4.69, 9.17) is 4.74 Å². The van der Waals surface area contributed by atoms with E-state index in [2.05, 4.69) is 30.4 Å². The van der Waals surface area contributed by atoms with Crippen LogP contribution < -0.4 is 15.0 Å². The number of hydrogen-bond donors (Lipinski definition) is 1. The second-order valence-electron chi connectivity index (χ2n) is 8.02. The molecule has 3 heterocycles. The highest BCUT2D eigenvalue weighted by atomic mass is 16.5. The first-order valence-electron chi connectivity index (χ1n) is 11.2. The summed E-state index contributed by atoms with van der Waals surface area (Å²) in [4.78, 5) is 23.1. The summed E-state index contributed by atoms with van der Waals surface area (Å²) in [5, 5.41) is 11.6. The average molecular weight is 453 g/mol. The first kappa shape index (κ1) is 21.5. The van der Waals surface area contributed by atoms with Crippen LogP contribution in [0.15, 0.2) is 79.1 Å². The van der Waals surface area contributed by atoms with E-state index < -0.39 is 0 Å². The molecule has 1 aliphatic rings. The third kappa shape index (κ3) is 5.17. The fourth-order valence-corrected chi connectivity index (χ4v) is 3.79. The highest BCUT2D eigenvalue weighted by Crippen LogP contribution is 2.23. The maximum Gasteiger partial charge on any atom is 0.274 e. The zero-order valence-corrected chi connectivity index (χ0v) is 18.6. The van der Waals surface area contributed by atoms with Crippen molar-refractivity contribution in [3.8, 4) is 17.1 Å². The molecule has 1 fully saturated rings. The van der Waals surface area contributed by atoms with Crippen molar-refractivity contribution in [3.05, 3.63) is 90.4 Å². The van der Waals surface area contributed by atoms with Crippen LogP contribution in [0.4, 0.5) is 11.5 Å². The second-order valence-corrected chi connectivity index (χ2v) is 8.02. The minimum absolute atomic E-state index is 0.227. The summed E-state index contributed by atoms with van der Waals surface area (Å²) < 4.78 is 5.69. The van der Waals surface area contributed by atoms with Crippen molar-refractivity contribution in [2.45, 2.75) is 19.4 Å². The minimum Gasteiger partial charge on any atom is -0.473 e. The summed E-state index contributed by atoms with van der Waals surface area (Å²) >= 11 is 0. The van der Waals surface area contributed by atoms with Gasteiger partial charge in [0, 0.05) is 30.4 Å². The molecule has 0 atom stereocenters. The van der Waals surface area contributed by atoms with Crippen molar-refractivity contribution >= 4 is 17.4 Å². The van der Waals surface area contributed by atoms with Crippen LogP contribution in [0.5, 0.6) is 5.88 Å². The van der Waals surface area contributed by atoms with Crippen molar-refractivity contribution in [3.63, 3.8) is 0 Å². The molecule has 0 spiro atoms. The number of carbonyl (C=O) groups is 1. The Kier molecular flexibility index (Phi) is 6.38. The summed E-state index contributed by atoms with van der Waals surface area (Å²) in [5.74, 6) is 0.923. The highest BCUT2D eigenvalue weighted by Gasteiger charge is 2.14. The van der Waals surface area contributed by atoms with Crippen LogP contribution in [0.25, 0.3) is 11.3 Å². The lowest BCUT2D eigenvalue weighted by Gasteiger charge is -2.15. The number of anilines is 2. The molecular weight excluding hydrogens is 428 g/mol. The van der Waals surface area contributed by atoms with Crippen molar-refractivity contribution in [1.82, 2.24) is 20.2 Å². The molecule has 0 aliphatic carbocycles. The molecule has 0 bridgehead atoms. The molecule has 0 unspecified atom stereocenters. The van der Waals surface area contributed by atoms with E-state index in [0.29, 0.717) is 18.2 Å². The quantitative estimate of drug-likeness (QED) is 0.445. The fraction of sp³-hybridized carbons (Fsp3) is 0.192. The summed E-state index contributed by atoms with van der Waals surface area (Å²) in [6.07, 6.45) is 3.73. The Balaban J connectivity index is 1.20. The first-order chi connectivity index (χ1) is 16.7. The predicted octanol–water partition coefficient (Wildman–Crippen LogP) is 4.37. The summed E-state index contributed by atoms with van der Waals surface area (Å²) in [5.41, 5.74) is 3.61. The highest BCUT2D eigenvalue weighted by molar-refractivity contribution is 6.03. The van der Waals surface area contributed by atoms with Gasteiger partial charge < -0.3 is 15.0 Å². The topological polar surface area (TPSA) is 93.1 Å². The molecule has 1 N–H and O–H groups in total. The lowest BCUT2D eigenvalue weighted by molar-refractivity contribution is 0.102. The maximum atomic E-state index is 12.7. The van der Waals surface area contributed by atoms with Gasteiger partial charge in [-0.1, -0.05) is 42.5 Å². The molecule has 170 valence electrons. The fourth-order valence-electron chi connectivity index (χ4n) is 3.79. The normalized spacial score (nSPS) is 13.0. The predicted molar refractivity (Wildman–Crippen MR) is 130 cm³/mol. The lowest BCUT2D eigenvalue weighted by Crippen LogP contribution is -2.19. The molecule has 1 saturated heterocycles. The number of hydrogen-bond acceptors (Lipinski definition) is 7. The number of ether oxygens (including phenoxy) is 1. The zero-order chi connectivity index (χ0) is 23.2. The van der Waals surface area contributed by atoms with Crippen molar-refractivity contribution in [2.24, 2.45) is 0 Å². The second kappa shape index (κ2) is 10.1. The largest absolute Gasteiger partial charge is 0.473 e. The Morgan fingerprint density at radius 1 is 0.912 bits per heavy atom. The van der Waals surface area contributed by atoms with Gasteiger partial charge in [0.1, 0.15) is 18.6 Å². The van der Waals surface area contributed by atoms with E-state index in [0.717, 1.165) is 35.7 Å². The van der Waals surface area contributed by atoms with Gasteiger partial charge >= 0.3 is 0 Å². The van der Waals surface area contributed by atoms with Gasteiger partial charge in [0.15, 0.2) is 5.82 Å². The van der Waals surface area contributed by atoms with Crippen LogP contribution in [0.2, 0.25) is 0 Å². The first-order valence-corrected chi connectivity index (χ1v) is 11.2. The van der Waals surface area contributed by atoms with Crippen LogP contribution in [-0.4, -0.2) is 39.2 Å². The summed E-state index contributed by atoms with van der Waals surface area (Å²) in [7, 11) is 0. The standard InChI is InChI=1S/C26H24N6O2/c33-26(23-16-25(28-18-27-23)34-17-19-6-2-1-3-7-19)29-21-10-8-20(9-11-21)22-12-13-24(31-30-22)32-14-4-5-15-32/h1-3,6-13,16,18H,4-5,14-15,17H2,(H,29,33). The van der Waals surface area contributed by atoms with Gasteiger partial charge in [-0.25, -0.2) is 9.97 Å². The van der Waals surface area contributed by atoms with E-state index in [-0.39, 0.29) is 11.6 Å². The van der Waals surface area contributed by atoms with Gasteiger partial charge in [0.2, 0.25) is 5.88 Å². The van der Waals surface area contributed by atoms with E-state index in [9.17, 15) is 4.79 Å². The molecule has 0 radical (unpaired) electrons. The molecule has 34 heavy (non-hydrogen) atoms. The molecule has 0 saturated carbocycles. The van der Waals surface area contributed by atoms with E-state index in [1.54, 1.807) is 0 Å². The third-order valence-corrected chi connectivity index (χ3v) is 5.62. The van der Waals surface area contributed by atoms with Gasteiger partial charge in [0.25, 0.3) is 5.91 Å². The molecule has 8 nitrogen and oxygen atoms in total. The number of nitrogens with zero attached hydrogens (tertiary/aromatic N) is 5. The van der Waals surface area contributed by atoms with Gasteiger partial charge in [0.05, 0.1) is 5.69 Å². The Hall–Kier alpha value is -4.33. The van der Waals surface area contributed by atoms with Crippen molar-refractivity contribution in [1.29, 1.82) is 0 Å². The van der Waals surface area contributed by atoms with E-state index in [1.165, 1.54) is 25.2 Å². The molecule has 5 rings (SSSR count). The molecule has 1 amide bonds. The summed E-state index contributed by atoms with van der Waals surface area (Å²) in [6, 6.07) is 22.8. The monoisotopic (exact) mass is 452 g/mol. The van der Waals surface area contributed by atoms with Crippen molar-refractivity contribution in [2.75, 3.05) is 23.3 Å². The number of aromatic nitrogens is 4. The molecular formula is C26H24N6O2. The maximum absolute atomic E-state index is 12.7. The molecule has 4 aromatic rings. The Labute approximate surface area is 197 Å². The van der Waals surface area contributed by atoms with Crippen LogP contribution in [0.3, 0.4) is 0 Å². The van der Waals surface area contributed by atoms with Gasteiger partial charge in [-0.05, 0) is 42.7 Å². The molecule has 8 heteroatoms. The molecule has 2 aromatic carbocycles. The number of rotatable bonds is 7. The van der Waals surface area contributed by atoms with E-state index >= 15 is 0 Å². The van der Waals surface area contributed by atoms with Crippen LogP contribution in [0.1, 0.15) is 28.9 Å². The molecule has 1 aliphatic heterocycles. The Bertz CT molecular complexity index is 1240. The summed E-state index contributed by atoms with van der Waals surface area (Å²) in [6.45, 7) is 2.44. The average Bonchev–Trinajstić information content (AvgIpc) is 3.44. The van der Waals surface area contributed by atoms with Gasteiger partial charge in [-0.15, -0.1) is 10.2 Å². The van der Waals surface area contributed by atoms with Gasteiger partial charge in [-0.2, -0.15) is 0 Å². The van der Waals surface area contributed by atoms with E-state index in [1.807, 2.05) is 66.7 Å². The smallest absolute Gasteiger partial charge is 0.274 e. The minimum atomic E-state index is -0.338. The van der Waals surface area contributed by atoms with Crippen LogP contribution >= 0.6 is 0 Å². The third-order valence-electron chi connectivity index (χ3n) is 5.62. The number of nitrogens with one attached hydrogen (secondary N) is 1.